The molecular formula is C5H11NO4. The Morgan fingerprint density at radius 1 is 1.80 bits per heavy atom. The number of nitrogens with zero attached hydrogens (tertiary/aromatic N) is 1. The van der Waals surface area contributed by atoms with Crippen molar-refractivity contribution in [3.63, 3.8) is 0 Å². The van der Waals surface area contributed by atoms with Crippen LogP contribution < -0.4 is 0 Å². The van der Waals surface area contributed by atoms with Gasteiger partial charge in [-0.15, -0.1) is 0 Å². The number of aliphatic hydroxyl groups is 1. The summed E-state index contributed by atoms with van der Waals surface area (Å²) in [5.74, 6) is 0. The molecule has 10 heavy (non-hydrogen) atoms. The minimum atomic E-state index is -1.21. The third-order valence-electron chi connectivity index (χ3n) is 0.780. The topological polar surface area (TPSA) is 70.0 Å². The van der Waals surface area contributed by atoms with E-state index in [1.807, 2.05) is 0 Å². The second kappa shape index (κ2) is 4.08. The fourth-order valence-electron chi connectivity index (χ4n) is 0.439. The molecule has 0 aromatic carbocycles. The van der Waals surface area contributed by atoms with Crippen LogP contribution in [0.2, 0.25) is 0 Å². The average Bonchev–Trinajstić information content (AvgIpc) is 1.81. The number of hydrogen-bond acceptors (Lipinski definition) is 3. The summed E-state index contributed by atoms with van der Waals surface area (Å²) < 4.78 is 0. The van der Waals surface area contributed by atoms with Crippen LogP contribution in [0, 0.1) is 0 Å². The summed E-state index contributed by atoms with van der Waals surface area (Å²) in [5, 5.41) is 17.5. The molecule has 0 saturated carbocycles. The molecular weight excluding hydrogens is 138 g/mol. The molecule has 0 aromatic rings. The molecule has 0 aliphatic heterocycles. The smallest absolute Gasteiger partial charge is 0.431 e. The van der Waals surface area contributed by atoms with Gasteiger partial charge in [-0.25, -0.2) is 9.63 Å². The standard InChI is InChI=1S/C5H11NO4/c1-3-6(5(8)9)10-4(2)7/h4,7H,3H2,1-2H3,(H,8,9). The normalized spacial score (nSPS) is 12.7. The monoisotopic (exact) mass is 149 g/mol. The van der Waals surface area contributed by atoms with Gasteiger partial charge in [-0.3, -0.25) is 0 Å². The number of carboxylic acid groups (broad SMARTS) is 1. The molecule has 0 bridgehead atoms. The van der Waals surface area contributed by atoms with Crippen molar-refractivity contribution in [2.24, 2.45) is 0 Å². The maximum absolute atomic E-state index is 10.2. The predicted octanol–water partition coefficient (Wildman–Crippen LogP) is 0.256. The molecule has 2 N–H and O–H groups in total. The second-order valence-electron chi connectivity index (χ2n) is 1.68. The Hall–Kier alpha value is -0.810. The summed E-state index contributed by atoms with van der Waals surface area (Å²) in [7, 11) is 0. The number of hydroxylamine groups is 2. The third kappa shape index (κ3) is 3.26. The molecule has 60 valence electrons. The Morgan fingerprint density at radius 2 is 2.30 bits per heavy atom. The Labute approximate surface area is 58.8 Å². The van der Waals surface area contributed by atoms with Crippen LogP contribution in [-0.4, -0.2) is 34.2 Å². The Bertz CT molecular complexity index is 114. The molecule has 0 aliphatic rings. The zero-order chi connectivity index (χ0) is 8.15. The Kier molecular flexibility index (Phi) is 3.75. The van der Waals surface area contributed by atoms with E-state index in [1.54, 1.807) is 6.92 Å². The minimum absolute atomic E-state index is 0.195. The molecule has 0 spiro atoms. The van der Waals surface area contributed by atoms with Crippen LogP contribution in [0.1, 0.15) is 13.8 Å². The molecule has 0 saturated heterocycles. The van der Waals surface area contributed by atoms with Gasteiger partial charge in [0.15, 0.2) is 6.29 Å². The van der Waals surface area contributed by atoms with E-state index in [1.165, 1.54) is 6.92 Å². The fourth-order valence-corrected chi connectivity index (χ4v) is 0.439. The van der Waals surface area contributed by atoms with E-state index in [4.69, 9.17) is 10.2 Å². The number of hydrogen-bond donors (Lipinski definition) is 2. The molecule has 5 heteroatoms. The summed E-state index contributed by atoms with van der Waals surface area (Å²) in [6.45, 7) is 3.14. The van der Waals surface area contributed by atoms with Gasteiger partial charge in [0.05, 0.1) is 0 Å². The highest BCUT2D eigenvalue weighted by molar-refractivity contribution is 5.63. The maximum atomic E-state index is 10.2. The predicted molar refractivity (Wildman–Crippen MR) is 33.2 cm³/mol. The van der Waals surface area contributed by atoms with Crippen molar-refractivity contribution in [3.05, 3.63) is 0 Å². The SMILES string of the molecule is CCN(OC(C)O)C(=O)O. The number of carbonyl (C=O) groups is 1. The summed E-state index contributed by atoms with van der Waals surface area (Å²) in [4.78, 5) is 14.6. The highest BCUT2D eigenvalue weighted by Gasteiger charge is 2.11. The van der Waals surface area contributed by atoms with Crippen molar-refractivity contribution in [2.45, 2.75) is 20.1 Å². The van der Waals surface area contributed by atoms with Gasteiger partial charge in [-0.05, 0) is 13.8 Å². The van der Waals surface area contributed by atoms with Gasteiger partial charge in [0.25, 0.3) is 0 Å². The van der Waals surface area contributed by atoms with Crippen LogP contribution in [0.4, 0.5) is 4.79 Å². The first-order chi connectivity index (χ1) is 4.57. The lowest BCUT2D eigenvalue weighted by Crippen LogP contribution is -2.32. The summed E-state index contributed by atoms with van der Waals surface area (Å²) in [6, 6.07) is 0. The van der Waals surface area contributed by atoms with Gasteiger partial charge in [0.2, 0.25) is 0 Å². The number of amides is 1. The molecule has 0 fully saturated rings. The highest BCUT2D eigenvalue weighted by atomic mass is 16.8. The van der Waals surface area contributed by atoms with E-state index in [9.17, 15) is 4.79 Å². The maximum Gasteiger partial charge on any atom is 0.431 e. The quantitative estimate of drug-likeness (QED) is 0.446. The molecule has 0 rings (SSSR count). The summed E-state index contributed by atoms with van der Waals surface area (Å²) >= 11 is 0. The number of aliphatic hydroxyl groups excluding tert-OH is 1. The third-order valence-corrected chi connectivity index (χ3v) is 0.780. The first-order valence-corrected chi connectivity index (χ1v) is 2.93. The van der Waals surface area contributed by atoms with E-state index < -0.39 is 12.4 Å². The Morgan fingerprint density at radius 3 is 2.40 bits per heavy atom. The first kappa shape index (κ1) is 9.19. The zero-order valence-electron chi connectivity index (χ0n) is 5.94. The van der Waals surface area contributed by atoms with Gasteiger partial charge in [-0.2, -0.15) is 5.06 Å². The van der Waals surface area contributed by atoms with Crippen molar-refractivity contribution in [1.82, 2.24) is 5.06 Å². The van der Waals surface area contributed by atoms with Crippen molar-refractivity contribution in [1.29, 1.82) is 0 Å². The van der Waals surface area contributed by atoms with Crippen molar-refractivity contribution in [2.75, 3.05) is 6.54 Å². The van der Waals surface area contributed by atoms with Crippen LogP contribution in [0.5, 0.6) is 0 Å². The lowest BCUT2D eigenvalue weighted by Gasteiger charge is -2.17. The molecule has 0 aliphatic carbocycles. The van der Waals surface area contributed by atoms with Crippen LogP contribution in [0.15, 0.2) is 0 Å². The van der Waals surface area contributed by atoms with Crippen LogP contribution in [0.25, 0.3) is 0 Å². The molecule has 0 heterocycles. The lowest BCUT2D eigenvalue weighted by atomic mass is 10.7. The number of rotatable bonds is 3. The molecule has 0 aromatic heterocycles. The lowest BCUT2D eigenvalue weighted by molar-refractivity contribution is -0.232. The van der Waals surface area contributed by atoms with Crippen LogP contribution in [0.3, 0.4) is 0 Å². The zero-order valence-corrected chi connectivity index (χ0v) is 5.94. The van der Waals surface area contributed by atoms with E-state index in [0.29, 0.717) is 5.06 Å². The van der Waals surface area contributed by atoms with E-state index in [2.05, 4.69) is 4.84 Å². The van der Waals surface area contributed by atoms with Crippen LogP contribution in [-0.2, 0) is 4.84 Å². The minimum Gasteiger partial charge on any atom is -0.463 e. The van der Waals surface area contributed by atoms with Gasteiger partial charge >= 0.3 is 6.09 Å². The van der Waals surface area contributed by atoms with Gasteiger partial charge < -0.3 is 10.2 Å². The van der Waals surface area contributed by atoms with E-state index in [-0.39, 0.29) is 6.54 Å². The second-order valence-corrected chi connectivity index (χ2v) is 1.68. The van der Waals surface area contributed by atoms with Crippen molar-refractivity contribution in [3.8, 4) is 0 Å². The molecule has 1 amide bonds. The van der Waals surface area contributed by atoms with Gasteiger partial charge in [0, 0.05) is 6.54 Å². The first-order valence-electron chi connectivity index (χ1n) is 2.93. The van der Waals surface area contributed by atoms with Crippen molar-refractivity contribution < 1.29 is 19.8 Å². The average molecular weight is 149 g/mol. The molecule has 1 atom stereocenters. The largest absolute Gasteiger partial charge is 0.463 e. The highest BCUT2D eigenvalue weighted by Crippen LogP contribution is 1.93. The van der Waals surface area contributed by atoms with Gasteiger partial charge in [-0.1, -0.05) is 0 Å². The van der Waals surface area contributed by atoms with E-state index in [0.717, 1.165) is 0 Å². The molecule has 0 radical (unpaired) electrons. The van der Waals surface area contributed by atoms with Gasteiger partial charge in [0.1, 0.15) is 0 Å². The Balaban J connectivity index is 3.72. The van der Waals surface area contributed by atoms with Crippen molar-refractivity contribution >= 4 is 6.09 Å². The summed E-state index contributed by atoms with van der Waals surface area (Å²) in [5.41, 5.74) is 0. The fraction of sp³-hybridized carbons (Fsp3) is 0.800. The van der Waals surface area contributed by atoms with E-state index >= 15 is 0 Å². The molecule has 1 unspecified atom stereocenters. The summed E-state index contributed by atoms with van der Waals surface area (Å²) in [6.07, 6.45) is -2.29. The molecule has 5 nitrogen and oxygen atoms in total. The van der Waals surface area contributed by atoms with Crippen LogP contribution >= 0.6 is 0 Å².